The van der Waals surface area contributed by atoms with E-state index in [-0.39, 0.29) is 17.9 Å². The first-order valence-corrected chi connectivity index (χ1v) is 9.53. The van der Waals surface area contributed by atoms with Gasteiger partial charge in [0, 0.05) is 50.8 Å². The molecule has 0 spiro atoms. The van der Waals surface area contributed by atoms with Crippen molar-refractivity contribution < 1.29 is 4.79 Å². The third kappa shape index (κ3) is 3.38. The van der Waals surface area contributed by atoms with Crippen molar-refractivity contribution in [1.82, 2.24) is 34.8 Å². The first-order valence-electron chi connectivity index (χ1n) is 9.53. The Hall–Kier alpha value is -2.22. The van der Waals surface area contributed by atoms with E-state index in [1.807, 2.05) is 29.8 Å². The standard InChI is InChI=1S/C18H27N7O/c1-3-25-21-8-14(22-25)7-19-17-11-24(18(26)13-5-4-6-13)9-15(17)16-10-23(2)12-20-16/h8,10,12-13,15,17,19H,3-7,9,11H2,1-2H3/t15-,17+/m0/s1. The molecule has 1 aliphatic heterocycles. The van der Waals surface area contributed by atoms with Crippen LogP contribution in [0.4, 0.5) is 0 Å². The number of aromatic nitrogens is 5. The molecule has 0 bridgehead atoms. The SMILES string of the molecule is CCn1ncc(CN[C@@H]2CN(C(=O)C3CCC3)C[C@H]2c2cn(C)cn2)n1. The number of amides is 1. The fourth-order valence-electron chi connectivity index (χ4n) is 3.83. The minimum Gasteiger partial charge on any atom is -0.340 e. The van der Waals surface area contributed by atoms with Crippen molar-refractivity contribution in [3.8, 4) is 0 Å². The average Bonchev–Trinajstić information content (AvgIpc) is 3.30. The molecule has 2 fully saturated rings. The lowest BCUT2D eigenvalue weighted by atomic mass is 9.84. The molecule has 140 valence electrons. The lowest BCUT2D eigenvalue weighted by molar-refractivity contribution is -0.137. The zero-order valence-corrected chi connectivity index (χ0v) is 15.5. The molecule has 0 aromatic carbocycles. The summed E-state index contributed by atoms with van der Waals surface area (Å²) in [4.78, 5) is 21.0. The van der Waals surface area contributed by atoms with E-state index in [1.54, 1.807) is 11.0 Å². The van der Waals surface area contributed by atoms with Crippen LogP contribution in [0, 0.1) is 5.92 Å². The van der Waals surface area contributed by atoms with Gasteiger partial charge < -0.3 is 14.8 Å². The topological polar surface area (TPSA) is 80.9 Å². The summed E-state index contributed by atoms with van der Waals surface area (Å²) in [6, 6.07) is 0.181. The molecule has 2 aromatic rings. The Bertz CT molecular complexity index is 763. The number of hydrogen-bond donors (Lipinski definition) is 1. The van der Waals surface area contributed by atoms with Crippen LogP contribution in [0.15, 0.2) is 18.7 Å². The van der Waals surface area contributed by atoms with Crippen molar-refractivity contribution in [1.29, 1.82) is 0 Å². The van der Waals surface area contributed by atoms with Gasteiger partial charge in [-0.25, -0.2) is 4.98 Å². The maximum atomic E-state index is 12.7. The zero-order valence-electron chi connectivity index (χ0n) is 15.5. The summed E-state index contributed by atoms with van der Waals surface area (Å²) in [6.45, 7) is 4.92. The maximum absolute atomic E-state index is 12.7. The van der Waals surface area contributed by atoms with Crippen molar-refractivity contribution >= 4 is 5.91 Å². The van der Waals surface area contributed by atoms with Gasteiger partial charge in [0.1, 0.15) is 0 Å². The molecule has 3 heterocycles. The Labute approximate surface area is 153 Å². The van der Waals surface area contributed by atoms with Gasteiger partial charge in [-0.1, -0.05) is 6.42 Å². The molecule has 26 heavy (non-hydrogen) atoms. The third-order valence-electron chi connectivity index (χ3n) is 5.60. The molecular formula is C18H27N7O. The second kappa shape index (κ2) is 7.19. The summed E-state index contributed by atoms with van der Waals surface area (Å²) in [5.41, 5.74) is 1.97. The van der Waals surface area contributed by atoms with Crippen LogP contribution in [0.5, 0.6) is 0 Å². The highest BCUT2D eigenvalue weighted by molar-refractivity contribution is 5.80. The molecule has 1 N–H and O–H groups in total. The predicted molar refractivity (Wildman–Crippen MR) is 96.2 cm³/mol. The minimum atomic E-state index is 0.181. The lowest BCUT2D eigenvalue weighted by Gasteiger charge is -2.29. The summed E-state index contributed by atoms with van der Waals surface area (Å²) >= 11 is 0. The molecule has 1 saturated heterocycles. The second-order valence-electron chi connectivity index (χ2n) is 7.45. The van der Waals surface area contributed by atoms with E-state index in [0.717, 1.165) is 43.9 Å². The molecule has 4 rings (SSSR count). The molecule has 2 atom stereocenters. The quantitative estimate of drug-likeness (QED) is 0.831. The Balaban J connectivity index is 1.46. The Morgan fingerprint density at radius 3 is 2.81 bits per heavy atom. The van der Waals surface area contributed by atoms with Crippen molar-refractivity contribution in [3.05, 3.63) is 30.1 Å². The van der Waals surface area contributed by atoms with Gasteiger partial charge in [0.25, 0.3) is 0 Å². The van der Waals surface area contributed by atoms with E-state index in [2.05, 4.69) is 26.7 Å². The fourth-order valence-corrected chi connectivity index (χ4v) is 3.83. The molecule has 8 nitrogen and oxygen atoms in total. The molecule has 0 unspecified atom stereocenters. The number of nitrogens with one attached hydrogen (secondary N) is 1. The highest BCUT2D eigenvalue weighted by Gasteiger charge is 2.40. The summed E-state index contributed by atoms with van der Waals surface area (Å²) in [5.74, 6) is 0.766. The smallest absolute Gasteiger partial charge is 0.225 e. The molecule has 2 aromatic heterocycles. The number of imidazole rings is 1. The molecule has 0 radical (unpaired) electrons. The van der Waals surface area contributed by atoms with Gasteiger partial charge in [0.15, 0.2) is 0 Å². The highest BCUT2D eigenvalue weighted by atomic mass is 16.2. The van der Waals surface area contributed by atoms with Crippen LogP contribution in [0.25, 0.3) is 0 Å². The van der Waals surface area contributed by atoms with Crippen molar-refractivity contribution in [2.24, 2.45) is 13.0 Å². The Kier molecular flexibility index (Phi) is 4.76. The van der Waals surface area contributed by atoms with Crippen LogP contribution in [0.3, 0.4) is 0 Å². The van der Waals surface area contributed by atoms with E-state index >= 15 is 0 Å². The van der Waals surface area contributed by atoms with Gasteiger partial charge in [0.2, 0.25) is 5.91 Å². The number of nitrogens with zero attached hydrogens (tertiary/aromatic N) is 6. The summed E-state index contributed by atoms with van der Waals surface area (Å²) in [7, 11) is 1.98. The van der Waals surface area contributed by atoms with E-state index in [4.69, 9.17) is 0 Å². The Morgan fingerprint density at radius 1 is 1.35 bits per heavy atom. The van der Waals surface area contributed by atoms with Crippen LogP contribution in [0.2, 0.25) is 0 Å². The summed E-state index contributed by atoms with van der Waals surface area (Å²) in [6.07, 6.45) is 8.96. The van der Waals surface area contributed by atoms with Crippen LogP contribution in [0.1, 0.15) is 43.5 Å². The summed E-state index contributed by atoms with van der Waals surface area (Å²) < 4.78 is 1.97. The lowest BCUT2D eigenvalue weighted by Crippen LogP contribution is -2.40. The number of carbonyl (C=O) groups excluding carboxylic acids is 1. The molecule has 1 saturated carbocycles. The van der Waals surface area contributed by atoms with Crippen molar-refractivity contribution in [3.63, 3.8) is 0 Å². The highest BCUT2D eigenvalue weighted by Crippen LogP contribution is 2.33. The van der Waals surface area contributed by atoms with E-state index in [0.29, 0.717) is 12.5 Å². The number of likely N-dealkylation sites (tertiary alicyclic amines) is 1. The fraction of sp³-hybridized carbons (Fsp3) is 0.667. The second-order valence-corrected chi connectivity index (χ2v) is 7.45. The van der Waals surface area contributed by atoms with Gasteiger partial charge in [-0.15, -0.1) is 0 Å². The number of rotatable bonds is 6. The normalized spacial score (nSPS) is 23.4. The van der Waals surface area contributed by atoms with Gasteiger partial charge in [-0.3, -0.25) is 4.79 Å². The van der Waals surface area contributed by atoms with Gasteiger partial charge >= 0.3 is 0 Å². The van der Waals surface area contributed by atoms with Crippen LogP contribution in [-0.2, 0) is 24.9 Å². The van der Waals surface area contributed by atoms with Crippen molar-refractivity contribution in [2.45, 2.75) is 51.2 Å². The van der Waals surface area contributed by atoms with Crippen LogP contribution < -0.4 is 5.32 Å². The van der Waals surface area contributed by atoms with Gasteiger partial charge in [-0.05, 0) is 19.8 Å². The average molecular weight is 357 g/mol. The first kappa shape index (κ1) is 17.2. The molecule has 8 heteroatoms. The van der Waals surface area contributed by atoms with Gasteiger partial charge in [0.05, 0.1) is 30.5 Å². The summed E-state index contributed by atoms with van der Waals surface area (Å²) in [5, 5.41) is 12.3. The molecule has 1 aliphatic carbocycles. The number of hydrogen-bond acceptors (Lipinski definition) is 5. The largest absolute Gasteiger partial charge is 0.340 e. The first-order chi connectivity index (χ1) is 12.6. The van der Waals surface area contributed by atoms with E-state index in [9.17, 15) is 4.79 Å². The van der Waals surface area contributed by atoms with Crippen molar-refractivity contribution in [2.75, 3.05) is 13.1 Å². The number of carbonyl (C=O) groups is 1. The number of aryl methyl sites for hydroxylation is 2. The predicted octanol–water partition coefficient (Wildman–Crippen LogP) is 0.916. The third-order valence-corrected chi connectivity index (χ3v) is 5.60. The zero-order chi connectivity index (χ0) is 18.1. The maximum Gasteiger partial charge on any atom is 0.225 e. The van der Waals surface area contributed by atoms with Crippen LogP contribution >= 0.6 is 0 Å². The van der Waals surface area contributed by atoms with E-state index in [1.165, 1.54) is 6.42 Å². The van der Waals surface area contributed by atoms with Gasteiger partial charge in [-0.2, -0.15) is 15.0 Å². The van der Waals surface area contributed by atoms with E-state index < -0.39 is 0 Å². The monoisotopic (exact) mass is 357 g/mol. The Morgan fingerprint density at radius 2 is 2.19 bits per heavy atom. The molecule has 1 amide bonds. The van der Waals surface area contributed by atoms with Crippen LogP contribution in [-0.4, -0.2) is 54.5 Å². The molecular weight excluding hydrogens is 330 g/mol. The molecule has 2 aliphatic rings. The minimum absolute atomic E-state index is 0.181.